The Morgan fingerprint density at radius 1 is 1.19 bits per heavy atom. The molecular formula is C19H17ClN2O3S. The van der Waals surface area contributed by atoms with Crippen molar-refractivity contribution in [2.45, 2.75) is 16.8 Å². The summed E-state index contributed by atoms with van der Waals surface area (Å²) < 4.78 is 31.8. The maximum Gasteiger partial charge on any atom is 0.234 e. The number of hydrogen-bond acceptors (Lipinski definition) is 5. The van der Waals surface area contributed by atoms with Crippen molar-refractivity contribution < 1.29 is 12.8 Å². The lowest BCUT2D eigenvalue weighted by Gasteiger charge is -2.04. The third-order valence-electron chi connectivity index (χ3n) is 3.76. The molecule has 0 saturated carbocycles. The van der Waals surface area contributed by atoms with E-state index in [0.717, 1.165) is 11.1 Å². The number of rotatable bonds is 6. The molecule has 2 aromatic carbocycles. The minimum Gasteiger partial charge on any atom is -0.419 e. The number of nitrogens with zero attached hydrogens (tertiary/aromatic N) is 1. The number of nitrogens with one attached hydrogen (secondary N) is 1. The van der Waals surface area contributed by atoms with Crippen LogP contribution in [0.1, 0.15) is 5.56 Å². The van der Waals surface area contributed by atoms with Gasteiger partial charge in [0.05, 0.1) is 4.90 Å². The Labute approximate surface area is 157 Å². The molecule has 0 aliphatic heterocycles. The molecule has 0 bridgehead atoms. The minimum absolute atomic E-state index is 0.0816. The standard InChI is InChI=1S/C19H17ClN2O3S/c1-3-12-21-18-19(26(23,24)15-10-8-14(20)9-11-15)22-17(25-18)16-7-5-4-6-13(16)2/h3-11,21H,1,12H2,2H3. The molecule has 26 heavy (non-hydrogen) atoms. The molecule has 3 rings (SSSR count). The minimum atomic E-state index is -3.88. The topological polar surface area (TPSA) is 72.2 Å². The Balaban J connectivity index is 2.14. The van der Waals surface area contributed by atoms with E-state index in [1.165, 1.54) is 24.3 Å². The molecule has 0 spiro atoms. The molecular weight excluding hydrogens is 372 g/mol. The van der Waals surface area contributed by atoms with Gasteiger partial charge in [0.25, 0.3) is 0 Å². The Morgan fingerprint density at radius 2 is 1.88 bits per heavy atom. The van der Waals surface area contributed by atoms with E-state index in [9.17, 15) is 8.42 Å². The third kappa shape index (κ3) is 3.52. The van der Waals surface area contributed by atoms with Crippen LogP contribution in [0.4, 0.5) is 5.88 Å². The van der Waals surface area contributed by atoms with Crippen molar-refractivity contribution in [3.63, 3.8) is 0 Å². The number of oxazole rings is 1. The number of hydrogen-bond donors (Lipinski definition) is 1. The van der Waals surface area contributed by atoms with Gasteiger partial charge in [0.1, 0.15) is 0 Å². The first-order chi connectivity index (χ1) is 12.4. The second kappa shape index (κ2) is 7.35. The van der Waals surface area contributed by atoms with Gasteiger partial charge in [0.2, 0.25) is 26.6 Å². The largest absolute Gasteiger partial charge is 0.419 e. The molecule has 0 radical (unpaired) electrons. The highest BCUT2D eigenvalue weighted by molar-refractivity contribution is 7.91. The molecule has 0 unspecified atom stereocenters. The van der Waals surface area contributed by atoms with Gasteiger partial charge in [-0.1, -0.05) is 35.9 Å². The summed E-state index contributed by atoms with van der Waals surface area (Å²) in [4.78, 5) is 4.37. The highest BCUT2D eigenvalue weighted by Gasteiger charge is 2.28. The SMILES string of the molecule is C=CCNc1oc(-c2ccccc2C)nc1S(=O)(=O)c1ccc(Cl)cc1. The van der Waals surface area contributed by atoms with Gasteiger partial charge in [-0.15, -0.1) is 6.58 Å². The van der Waals surface area contributed by atoms with Crippen LogP contribution >= 0.6 is 11.6 Å². The molecule has 7 heteroatoms. The predicted octanol–water partition coefficient (Wildman–Crippen LogP) is 4.73. The summed E-state index contributed by atoms with van der Waals surface area (Å²) in [5.41, 5.74) is 1.66. The average Bonchev–Trinajstić information content (AvgIpc) is 3.05. The monoisotopic (exact) mass is 388 g/mol. The Morgan fingerprint density at radius 3 is 2.54 bits per heavy atom. The van der Waals surface area contributed by atoms with Crippen LogP contribution in [0.25, 0.3) is 11.5 Å². The Kier molecular flexibility index (Phi) is 5.15. The molecule has 1 N–H and O–H groups in total. The van der Waals surface area contributed by atoms with Crippen molar-refractivity contribution in [1.82, 2.24) is 4.98 Å². The van der Waals surface area contributed by atoms with E-state index in [1.54, 1.807) is 6.08 Å². The van der Waals surface area contributed by atoms with Crippen molar-refractivity contribution in [3.8, 4) is 11.5 Å². The number of benzene rings is 2. The lowest BCUT2D eigenvalue weighted by Crippen LogP contribution is -2.07. The van der Waals surface area contributed by atoms with E-state index in [4.69, 9.17) is 16.0 Å². The van der Waals surface area contributed by atoms with Gasteiger partial charge in [-0.3, -0.25) is 0 Å². The quantitative estimate of drug-likeness (QED) is 0.618. The zero-order chi connectivity index (χ0) is 18.7. The third-order valence-corrected chi connectivity index (χ3v) is 5.69. The zero-order valence-corrected chi connectivity index (χ0v) is 15.6. The maximum atomic E-state index is 13.0. The zero-order valence-electron chi connectivity index (χ0n) is 14.1. The fourth-order valence-electron chi connectivity index (χ4n) is 2.42. The molecule has 0 aliphatic rings. The highest BCUT2D eigenvalue weighted by Crippen LogP contribution is 2.33. The first kappa shape index (κ1) is 18.2. The second-order valence-electron chi connectivity index (χ2n) is 5.60. The highest BCUT2D eigenvalue weighted by atomic mass is 35.5. The Bertz CT molecular complexity index is 1040. The Hall–Kier alpha value is -2.57. The molecule has 0 fully saturated rings. The van der Waals surface area contributed by atoms with Crippen LogP contribution in [0, 0.1) is 6.92 Å². The molecule has 0 saturated heterocycles. The van der Waals surface area contributed by atoms with Crippen LogP contribution in [0.3, 0.4) is 0 Å². The predicted molar refractivity (Wildman–Crippen MR) is 102 cm³/mol. The molecule has 5 nitrogen and oxygen atoms in total. The van der Waals surface area contributed by atoms with Crippen LogP contribution in [0.2, 0.25) is 5.02 Å². The van der Waals surface area contributed by atoms with E-state index >= 15 is 0 Å². The van der Waals surface area contributed by atoms with Gasteiger partial charge in [0.15, 0.2) is 0 Å². The van der Waals surface area contributed by atoms with Crippen molar-refractivity contribution in [2.24, 2.45) is 0 Å². The summed E-state index contributed by atoms with van der Waals surface area (Å²) in [6.45, 7) is 5.87. The van der Waals surface area contributed by atoms with E-state index in [1.807, 2.05) is 31.2 Å². The molecule has 0 amide bonds. The van der Waals surface area contributed by atoms with Crippen molar-refractivity contribution >= 4 is 27.3 Å². The van der Waals surface area contributed by atoms with Crippen LogP contribution in [0.5, 0.6) is 0 Å². The van der Waals surface area contributed by atoms with Gasteiger partial charge < -0.3 is 9.73 Å². The molecule has 0 aliphatic carbocycles. The summed E-state index contributed by atoms with van der Waals surface area (Å²) in [5.74, 6) is 0.320. The van der Waals surface area contributed by atoms with Gasteiger partial charge in [0, 0.05) is 17.1 Å². The summed E-state index contributed by atoms with van der Waals surface area (Å²) in [6.07, 6.45) is 1.61. The van der Waals surface area contributed by atoms with Gasteiger partial charge in [-0.25, -0.2) is 8.42 Å². The van der Waals surface area contributed by atoms with Gasteiger partial charge in [-0.2, -0.15) is 4.98 Å². The van der Waals surface area contributed by atoms with Crippen LogP contribution in [-0.2, 0) is 9.84 Å². The number of halogens is 1. The number of anilines is 1. The van der Waals surface area contributed by atoms with E-state index < -0.39 is 9.84 Å². The average molecular weight is 389 g/mol. The van der Waals surface area contributed by atoms with E-state index in [2.05, 4.69) is 16.9 Å². The van der Waals surface area contributed by atoms with Gasteiger partial charge in [-0.05, 0) is 42.8 Å². The van der Waals surface area contributed by atoms with Crippen LogP contribution in [0.15, 0.2) is 75.5 Å². The summed E-state index contributed by atoms with van der Waals surface area (Å²) in [6, 6.07) is 13.4. The van der Waals surface area contributed by atoms with Crippen LogP contribution < -0.4 is 5.32 Å². The van der Waals surface area contributed by atoms with Crippen molar-refractivity contribution in [2.75, 3.05) is 11.9 Å². The lowest BCUT2D eigenvalue weighted by molar-refractivity contribution is 0.578. The molecule has 1 heterocycles. The summed E-state index contributed by atoms with van der Waals surface area (Å²) in [5, 5.41) is 3.19. The fourth-order valence-corrected chi connectivity index (χ4v) is 3.82. The number of aromatic nitrogens is 1. The number of sulfone groups is 1. The smallest absolute Gasteiger partial charge is 0.234 e. The molecule has 1 aromatic heterocycles. The van der Waals surface area contributed by atoms with Gasteiger partial charge >= 0.3 is 0 Å². The van der Waals surface area contributed by atoms with E-state index in [-0.39, 0.29) is 21.7 Å². The van der Waals surface area contributed by atoms with E-state index in [0.29, 0.717) is 11.6 Å². The molecule has 134 valence electrons. The summed E-state index contributed by atoms with van der Waals surface area (Å²) >= 11 is 5.86. The van der Waals surface area contributed by atoms with Crippen molar-refractivity contribution in [1.29, 1.82) is 0 Å². The molecule has 3 aromatic rings. The maximum absolute atomic E-state index is 13.0. The second-order valence-corrected chi connectivity index (χ2v) is 7.90. The summed E-state index contributed by atoms with van der Waals surface area (Å²) in [7, 11) is -3.88. The normalized spacial score (nSPS) is 11.3. The molecule has 0 atom stereocenters. The van der Waals surface area contributed by atoms with Crippen molar-refractivity contribution in [3.05, 3.63) is 71.8 Å². The first-order valence-corrected chi connectivity index (χ1v) is 9.72. The van der Waals surface area contributed by atoms with Crippen LogP contribution in [-0.4, -0.2) is 19.9 Å². The number of aryl methyl sites for hydroxylation is 1. The fraction of sp³-hybridized carbons (Fsp3) is 0.105. The first-order valence-electron chi connectivity index (χ1n) is 7.85. The lowest BCUT2D eigenvalue weighted by atomic mass is 10.1.